The number of ether oxygens (including phenoxy) is 1. The monoisotopic (exact) mass is 293 g/mol. The van der Waals surface area contributed by atoms with Crippen molar-refractivity contribution in [2.75, 3.05) is 45.1 Å². The van der Waals surface area contributed by atoms with Gasteiger partial charge in [-0.2, -0.15) is 0 Å². The van der Waals surface area contributed by atoms with E-state index in [2.05, 4.69) is 9.88 Å². The van der Waals surface area contributed by atoms with Gasteiger partial charge in [0.05, 0.1) is 19.0 Å². The van der Waals surface area contributed by atoms with Gasteiger partial charge in [-0.05, 0) is 17.7 Å². The molecule has 0 spiro atoms. The Labute approximate surface area is 123 Å². The first-order valence-corrected chi connectivity index (χ1v) is 8.00. The van der Waals surface area contributed by atoms with E-state index < -0.39 is 0 Å². The molecule has 0 saturated carbocycles. The standard InChI is InChI=1S/C14H19N3O2S/c18-13-11-20-14(12-1-3-15-4-2-12)17(13)6-5-16-7-9-19-10-8-16/h1-4,14H,5-11H2. The van der Waals surface area contributed by atoms with E-state index in [-0.39, 0.29) is 11.3 Å². The minimum atomic E-state index is 0.145. The van der Waals surface area contributed by atoms with Crippen LogP contribution < -0.4 is 0 Å². The van der Waals surface area contributed by atoms with Crippen molar-refractivity contribution in [3.05, 3.63) is 30.1 Å². The molecule has 5 nitrogen and oxygen atoms in total. The highest BCUT2D eigenvalue weighted by Crippen LogP contribution is 2.37. The normalized spacial score (nSPS) is 24.3. The summed E-state index contributed by atoms with van der Waals surface area (Å²) in [5.74, 6) is 0.820. The Balaban J connectivity index is 1.62. The van der Waals surface area contributed by atoms with Gasteiger partial charge in [0.1, 0.15) is 5.37 Å². The molecule has 3 heterocycles. The van der Waals surface area contributed by atoms with Crippen LogP contribution in [0.3, 0.4) is 0 Å². The van der Waals surface area contributed by atoms with Crippen LogP contribution >= 0.6 is 11.8 Å². The number of nitrogens with zero attached hydrogens (tertiary/aromatic N) is 3. The molecule has 0 N–H and O–H groups in total. The summed E-state index contributed by atoms with van der Waals surface area (Å²) in [7, 11) is 0. The summed E-state index contributed by atoms with van der Waals surface area (Å²) in [5.41, 5.74) is 1.16. The summed E-state index contributed by atoms with van der Waals surface area (Å²) >= 11 is 1.70. The van der Waals surface area contributed by atoms with Crippen LogP contribution in [0, 0.1) is 0 Å². The average molecular weight is 293 g/mol. The number of hydrogen-bond donors (Lipinski definition) is 0. The van der Waals surface area contributed by atoms with Crippen molar-refractivity contribution in [2.45, 2.75) is 5.37 Å². The van der Waals surface area contributed by atoms with Crippen LogP contribution in [-0.4, -0.2) is 65.8 Å². The maximum atomic E-state index is 12.1. The van der Waals surface area contributed by atoms with Gasteiger partial charge >= 0.3 is 0 Å². The molecule has 2 fully saturated rings. The van der Waals surface area contributed by atoms with Crippen LogP contribution in [0.1, 0.15) is 10.9 Å². The fourth-order valence-electron chi connectivity index (χ4n) is 2.57. The lowest BCUT2D eigenvalue weighted by Gasteiger charge is -2.30. The van der Waals surface area contributed by atoms with Crippen LogP contribution in [0.5, 0.6) is 0 Å². The first-order valence-electron chi connectivity index (χ1n) is 6.96. The second kappa shape index (κ2) is 6.56. The summed E-state index contributed by atoms with van der Waals surface area (Å²) < 4.78 is 5.35. The summed E-state index contributed by atoms with van der Waals surface area (Å²) in [5, 5.41) is 0.145. The Morgan fingerprint density at radius 2 is 2.00 bits per heavy atom. The van der Waals surface area contributed by atoms with Gasteiger partial charge in [0.25, 0.3) is 0 Å². The molecule has 1 atom stereocenters. The van der Waals surface area contributed by atoms with Gasteiger partial charge < -0.3 is 9.64 Å². The number of pyridine rings is 1. The van der Waals surface area contributed by atoms with Gasteiger partial charge in [0.15, 0.2) is 0 Å². The third kappa shape index (κ3) is 3.13. The van der Waals surface area contributed by atoms with E-state index in [1.165, 1.54) is 0 Å². The molecule has 1 aromatic rings. The minimum Gasteiger partial charge on any atom is -0.379 e. The molecule has 108 valence electrons. The van der Waals surface area contributed by atoms with Gasteiger partial charge in [-0.25, -0.2) is 0 Å². The summed E-state index contributed by atoms with van der Waals surface area (Å²) in [6.45, 7) is 5.26. The first kappa shape index (κ1) is 13.9. The van der Waals surface area contributed by atoms with Gasteiger partial charge in [-0.15, -0.1) is 11.8 Å². The number of amides is 1. The lowest BCUT2D eigenvalue weighted by atomic mass is 10.2. The lowest BCUT2D eigenvalue weighted by Crippen LogP contribution is -2.42. The fourth-order valence-corrected chi connectivity index (χ4v) is 3.79. The molecule has 0 radical (unpaired) electrons. The van der Waals surface area contributed by atoms with Crippen LogP contribution in [-0.2, 0) is 9.53 Å². The maximum absolute atomic E-state index is 12.1. The first-order chi connectivity index (χ1) is 9.84. The van der Waals surface area contributed by atoms with Gasteiger partial charge in [-0.1, -0.05) is 0 Å². The van der Waals surface area contributed by atoms with E-state index in [9.17, 15) is 4.79 Å². The molecule has 2 aliphatic heterocycles. The Kier molecular flexibility index (Phi) is 4.54. The number of carbonyl (C=O) groups excluding carboxylic acids is 1. The van der Waals surface area contributed by atoms with Crippen LogP contribution in [0.15, 0.2) is 24.5 Å². The zero-order valence-electron chi connectivity index (χ0n) is 11.4. The van der Waals surface area contributed by atoms with E-state index in [0.29, 0.717) is 5.75 Å². The van der Waals surface area contributed by atoms with E-state index in [1.54, 1.807) is 24.2 Å². The van der Waals surface area contributed by atoms with Crippen molar-refractivity contribution in [1.82, 2.24) is 14.8 Å². The third-order valence-electron chi connectivity index (χ3n) is 3.72. The molecular weight excluding hydrogens is 274 g/mol. The maximum Gasteiger partial charge on any atom is 0.233 e. The SMILES string of the molecule is O=C1CSC(c2ccncc2)N1CCN1CCOCC1. The van der Waals surface area contributed by atoms with E-state index in [1.807, 2.05) is 17.0 Å². The number of morpholine rings is 1. The Morgan fingerprint density at radius 1 is 1.25 bits per heavy atom. The smallest absolute Gasteiger partial charge is 0.233 e. The van der Waals surface area contributed by atoms with E-state index >= 15 is 0 Å². The van der Waals surface area contributed by atoms with E-state index in [0.717, 1.165) is 45.0 Å². The highest BCUT2D eigenvalue weighted by atomic mass is 32.2. The number of rotatable bonds is 4. The molecule has 2 saturated heterocycles. The molecule has 2 aliphatic rings. The zero-order chi connectivity index (χ0) is 13.8. The number of thioether (sulfide) groups is 1. The van der Waals surface area contributed by atoms with Gasteiger partial charge in [0.2, 0.25) is 5.91 Å². The molecule has 1 amide bonds. The Bertz CT molecular complexity index is 451. The largest absolute Gasteiger partial charge is 0.379 e. The number of hydrogen-bond acceptors (Lipinski definition) is 5. The molecule has 0 bridgehead atoms. The molecule has 0 aliphatic carbocycles. The molecule has 3 rings (SSSR count). The van der Waals surface area contributed by atoms with Crippen molar-refractivity contribution in [2.24, 2.45) is 0 Å². The van der Waals surface area contributed by atoms with Crippen molar-refractivity contribution >= 4 is 17.7 Å². The second-order valence-corrected chi connectivity index (χ2v) is 6.05. The van der Waals surface area contributed by atoms with Crippen molar-refractivity contribution in [1.29, 1.82) is 0 Å². The topological polar surface area (TPSA) is 45.7 Å². The summed E-state index contributed by atoms with van der Waals surface area (Å²) in [6.07, 6.45) is 3.58. The van der Waals surface area contributed by atoms with Gasteiger partial charge in [-0.3, -0.25) is 14.7 Å². The van der Waals surface area contributed by atoms with Gasteiger partial charge in [0, 0.05) is 38.6 Å². The summed E-state index contributed by atoms with van der Waals surface area (Å²) in [6, 6.07) is 4.00. The molecule has 6 heteroatoms. The van der Waals surface area contributed by atoms with Crippen molar-refractivity contribution < 1.29 is 9.53 Å². The molecular formula is C14H19N3O2S. The molecule has 1 unspecified atom stereocenters. The number of aromatic nitrogens is 1. The fraction of sp³-hybridized carbons (Fsp3) is 0.571. The molecule has 1 aromatic heterocycles. The quantitative estimate of drug-likeness (QED) is 0.828. The summed E-state index contributed by atoms with van der Waals surface area (Å²) in [4.78, 5) is 20.5. The zero-order valence-corrected chi connectivity index (χ0v) is 12.2. The highest BCUT2D eigenvalue weighted by Gasteiger charge is 2.32. The predicted octanol–water partition coefficient (Wildman–Crippen LogP) is 0.988. The van der Waals surface area contributed by atoms with Crippen LogP contribution in [0.2, 0.25) is 0 Å². The minimum absolute atomic E-state index is 0.145. The Morgan fingerprint density at radius 3 is 2.75 bits per heavy atom. The highest BCUT2D eigenvalue weighted by molar-refractivity contribution is 8.00. The second-order valence-electron chi connectivity index (χ2n) is 4.99. The Hall–Kier alpha value is -1.11. The lowest BCUT2D eigenvalue weighted by molar-refractivity contribution is -0.128. The van der Waals surface area contributed by atoms with Crippen LogP contribution in [0.25, 0.3) is 0 Å². The van der Waals surface area contributed by atoms with Crippen molar-refractivity contribution in [3.63, 3.8) is 0 Å². The predicted molar refractivity (Wildman–Crippen MR) is 78.4 cm³/mol. The number of carbonyl (C=O) groups is 1. The molecule has 0 aromatic carbocycles. The van der Waals surface area contributed by atoms with Crippen LogP contribution in [0.4, 0.5) is 0 Å². The molecule has 20 heavy (non-hydrogen) atoms. The third-order valence-corrected chi connectivity index (χ3v) is 4.98. The average Bonchev–Trinajstić information content (AvgIpc) is 2.88. The van der Waals surface area contributed by atoms with E-state index in [4.69, 9.17) is 4.74 Å². The van der Waals surface area contributed by atoms with Crippen molar-refractivity contribution in [3.8, 4) is 0 Å².